The number of halogens is 1. The van der Waals surface area contributed by atoms with E-state index in [9.17, 15) is 14.0 Å². The number of hydrogen-bond donors (Lipinski definition) is 1. The number of rotatable bonds is 4. The minimum atomic E-state index is -0.469. The fourth-order valence-electron chi connectivity index (χ4n) is 3.23. The number of benzene rings is 3. The molecule has 0 radical (unpaired) electrons. The Labute approximate surface area is 167 Å². The fraction of sp³-hybridized carbons (Fsp3) is 0.130. The second kappa shape index (κ2) is 8.14. The molecule has 2 amide bonds. The van der Waals surface area contributed by atoms with Gasteiger partial charge in [-0.15, -0.1) is 0 Å². The average molecular weight is 390 g/mol. The number of hydrogen-bond acceptors (Lipinski definition) is 3. The molecule has 1 heterocycles. The van der Waals surface area contributed by atoms with Gasteiger partial charge >= 0.3 is 0 Å². The first-order valence-electron chi connectivity index (χ1n) is 9.23. The number of nitrogens with one attached hydrogen (secondary N) is 1. The van der Waals surface area contributed by atoms with Crippen molar-refractivity contribution in [3.63, 3.8) is 0 Å². The molecule has 0 saturated heterocycles. The van der Waals surface area contributed by atoms with E-state index in [1.165, 1.54) is 18.2 Å². The van der Waals surface area contributed by atoms with E-state index in [2.05, 4.69) is 5.32 Å². The summed E-state index contributed by atoms with van der Waals surface area (Å²) in [7, 11) is 0. The molecule has 0 bridgehead atoms. The van der Waals surface area contributed by atoms with E-state index in [1.807, 2.05) is 30.3 Å². The Bertz CT molecular complexity index is 1050. The lowest BCUT2D eigenvalue weighted by atomic mass is 10.1. The van der Waals surface area contributed by atoms with Crippen molar-refractivity contribution >= 4 is 17.5 Å². The number of carbonyl (C=O) groups excluding carboxylic acids is 2. The van der Waals surface area contributed by atoms with Crippen molar-refractivity contribution in [1.29, 1.82) is 0 Å². The van der Waals surface area contributed by atoms with Crippen molar-refractivity contribution in [3.05, 3.63) is 95.3 Å². The van der Waals surface area contributed by atoms with Gasteiger partial charge in [0.25, 0.3) is 11.8 Å². The summed E-state index contributed by atoms with van der Waals surface area (Å²) >= 11 is 0. The lowest BCUT2D eigenvalue weighted by Gasteiger charge is -2.20. The average Bonchev–Trinajstić information content (AvgIpc) is 2.87. The van der Waals surface area contributed by atoms with E-state index in [4.69, 9.17) is 4.74 Å². The summed E-state index contributed by atoms with van der Waals surface area (Å²) in [6, 6.07) is 20.5. The minimum Gasteiger partial charge on any atom is -0.483 e. The van der Waals surface area contributed by atoms with Crippen molar-refractivity contribution < 1.29 is 18.7 Å². The zero-order chi connectivity index (χ0) is 20.2. The van der Waals surface area contributed by atoms with Crippen LogP contribution in [0.15, 0.2) is 72.8 Å². The zero-order valence-corrected chi connectivity index (χ0v) is 15.6. The maximum atomic E-state index is 13.4. The highest BCUT2D eigenvalue weighted by Crippen LogP contribution is 2.28. The molecular formula is C23H19FN2O3. The third-order valence-corrected chi connectivity index (χ3v) is 4.69. The van der Waals surface area contributed by atoms with Gasteiger partial charge < -0.3 is 15.0 Å². The molecule has 1 aliphatic heterocycles. The molecule has 0 spiro atoms. The predicted octanol–water partition coefficient (Wildman–Crippen LogP) is 4.00. The number of carbonyl (C=O) groups is 2. The lowest BCUT2D eigenvalue weighted by molar-refractivity contribution is -0.133. The Hall–Kier alpha value is -3.67. The molecule has 0 fully saturated rings. The third kappa shape index (κ3) is 4.43. The molecule has 6 heteroatoms. The molecule has 3 aromatic rings. The van der Waals surface area contributed by atoms with Gasteiger partial charge in [-0.1, -0.05) is 36.4 Å². The summed E-state index contributed by atoms with van der Waals surface area (Å²) in [4.78, 5) is 26.6. The highest BCUT2D eigenvalue weighted by Gasteiger charge is 2.22. The quantitative estimate of drug-likeness (QED) is 0.733. The summed E-state index contributed by atoms with van der Waals surface area (Å²) in [5, 5.41) is 2.77. The molecule has 146 valence electrons. The van der Waals surface area contributed by atoms with Crippen LogP contribution in [0.2, 0.25) is 0 Å². The van der Waals surface area contributed by atoms with Gasteiger partial charge in [-0.2, -0.15) is 0 Å². The summed E-state index contributed by atoms with van der Waals surface area (Å²) in [5.74, 6) is -0.368. The van der Waals surface area contributed by atoms with Gasteiger partial charge in [-0.3, -0.25) is 9.59 Å². The maximum Gasteiger partial charge on any atom is 0.261 e. The number of fused-ring (bicyclic) bond motifs is 1. The second-order valence-corrected chi connectivity index (χ2v) is 6.81. The van der Waals surface area contributed by atoms with Gasteiger partial charge in [0.05, 0.1) is 0 Å². The zero-order valence-electron chi connectivity index (χ0n) is 15.6. The molecule has 4 rings (SSSR count). The van der Waals surface area contributed by atoms with Gasteiger partial charge in [-0.25, -0.2) is 4.39 Å². The molecule has 3 aromatic carbocycles. The van der Waals surface area contributed by atoms with Crippen LogP contribution in [0.25, 0.3) is 0 Å². The number of ether oxygens (including phenoxy) is 1. The van der Waals surface area contributed by atoms with Crippen molar-refractivity contribution in [3.8, 4) is 5.75 Å². The van der Waals surface area contributed by atoms with Crippen LogP contribution < -0.4 is 10.1 Å². The van der Waals surface area contributed by atoms with Crippen LogP contribution in [0.1, 0.15) is 21.5 Å². The molecule has 1 aliphatic rings. The summed E-state index contributed by atoms with van der Waals surface area (Å²) in [5.41, 5.74) is 2.61. The van der Waals surface area contributed by atoms with Crippen LogP contribution >= 0.6 is 0 Å². The Kier molecular flexibility index (Phi) is 5.24. The molecular weight excluding hydrogens is 371 g/mol. The van der Waals surface area contributed by atoms with Crippen molar-refractivity contribution in [2.24, 2.45) is 0 Å². The molecule has 0 saturated carbocycles. The summed E-state index contributed by atoms with van der Waals surface area (Å²) in [6.07, 6.45) is 0. The Morgan fingerprint density at radius 2 is 1.86 bits per heavy atom. The van der Waals surface area contributed by atoms with Crippen LogP contribution in [0.5, 0.6) is 5.75 Å². The topological polar surface area (TPSA) is 58.6 Å². The largest absolute Gasteiger partial charge is 0.483 e. The van der Waals surface area contributed by atoms with Crippen LogP contribution in [-0.4, -0.2) is 23.3 Å². The molecule has 0 aliphatic carbocycles. The van der Waals surface area contributed by atoms with Gasteiger partial charge in [0.1, 0.15) is 11.6 Å². The summed E-state index contributed by atoms with van der Waals surface area (Å²) < 4.78 is 19.0. The van der Waals surface area contributed by atoms with Crippen molar-refractivity contribution in [1.82, 2.24) is 4.90 Å². The Balaban J connectivity index is 1.53. The van der Waals surface area contributed by atoms with Crippen molar-refractivity contribution in [2.45, 2.75) is 13.1 Å². The minimum absolute atomic E-state index is 0.0329. The molecule has 5 nitrogen and oxygen atoms in total. The van der Waals surface area contributed by atoms with E-state index in [0.29, 0.717) is 24.5 Å². The first-order chi connectivity index (χ1) is 14.1. The van der Waals surface area contributed by atoms with Crippen LogP contribution in [0.3, 0.4) is 0 Å². The molecule has 0 aromatic heterocycles. The normalized spacial score (nSPS) is 13.3. The molecule has 0 unspecified atom stereocenters. The fourth-order valence-corrected chi connectivity index (χ4v) is 3.23. The SMILES string of the molecule is O=C(Nc1ccc2c(c1)CN(Cc1ccccc1)C(=O)CO2)c1cccc(F)c1. The van der Waals surface area contributed by atoms with Gasteiger partial charge in [0, 0.05) is 29.9 Å². The van der Waals surface area contributed by atoms with E-state index in [-0.39, 0.29) is 18.1 Å². The maximum absolute atomic E-state index is 13.4. The molecule has 29 heavy (non-hydrogen) atoms. The van der Waals surface area contributed by atoms with E-state index >= 15 is 0 Å². The third-order valence-electron chi connectivity index (χ3n) is 4.69. The van der Waals surface area contributed by atoms with Crippen LogP contribution in [-0.2, 0) is 17.9 Å². The standard InChI is InChI=1S/C23H19FN2O3/c24-19-8-4-7-17(11-19)23(28)25-20-9-10-21-18(12-20)14-26(22(27)15-29-21)13-16-5-2-1-3-6-16/h1-12H,13-15H2,(H,25,28). The second-order valence-electron chi connectivity index (χ2n) is 6.81. The first kappa shape index (κ1) is 18.7. The molecule has 1 N–H and O–H groups in total. The summed E-state index contributed by atoms with van der Waals surface area (Å²) in [6.45, 7) is 0.809. The smallest absolute Gasteiger partial charge is 0.261 e. The van der Waals surface area contributed by atoms with E-state index in [0.717, 1.165) is 11.1 Å². The highest BCUT2D eigenvalue weighted by atomic mass is 19.1. The lowest BCUT2D eigenvalue weighted by Crippen LogP contribution is -2.31. The van der Waals surface area contributed by atoms with E-state index < -0.39 is 11.7 Å². The Morgan fingerprint density at radius 1 is 1.03 bits per heavy atom. The first-order valence-corrected chi connectivity index (χ1v) is 9.23. The van der Waals surface area contributed by atoms with Crippen molar-refractivity contribution in [2.75, 3.05) is 11.9 Å². The Morgan fingerprint density at radius 3 is 2.66 bits per heavy atom. The predicted molar refractivity (Wildman–Crippen MR) is 107 cm³/mol. The monoisotopic (exact) mass is 390 g/mol. The molecule has 0 atom stereocenters. The highest BCUT2D eigenvalue weighted by molar-refractivity contribution is 6.04. The number of nitrogens with zero attached hydrogens (tertiary/aromatic N) is 1. The number of anilines is 1. The van der Waals surface area contributed by atoms with Gasteiger partial charge in [-0.05, 0) is 42.0 Å². The van der Waals surface area contributed by atoms with Gasteiger partial charge in [0.15, 0.2) is 6.61 Å². The number of amides is 2. The van der Waals surface area contributed by atoms with Gasteiger partial charge in [0.2, 0.25) is 0 Å². The van der Waals surface area contributed by atoms with Crippen LogP contribution in [0.4, 0.5) is 10.1 Å². The van der Waals surface area contributed by atoms with E-state index in [1.54, 1.807) is 29.2 Å². The van der Waals surface area contributed by atoms with Crippen LogP contribution in [0, 0.1) is 5.82 Å².